The molecule has 0 saturated heterocycles. The Bertz CT molecular complexity index is 871. The second-order valence-electron chi connectivity index (χ2n) is 6.16. The lowest BCUT2D eigenvalue weighted by Crippen LogP contribution is -2.23. The predicted molar refractivity (Wildman–Crippen MR) is 98.4 cm³/mol. The van der Waals surface area contributed by atoms with Crippen molar-refractivity contribution < 1.29 is 32.2 Å². The molecule has 0 spiro atoms. The topological polar surface area (TPSA) is 48.0 Å². The molecule has 0 fully saturated rings. The summed E-state index contributed by atoms with van der Waals surface area (Å²) in [7, 11) is 3.06. The van der Waals surface area contributed by atoms with Crippen molar-refractivity contribution in [2.75, 3.05) is 14.2 Å². The summed E-state index contributed by atoms with van der Waals surface area (Å²) >= 11 is 3.52. The minimum Gasteiger partial charge on any atom is -0.496 e. The molecule has 9 heteroatoms. The van der Waals surface area contributed by atoms with Gasteiger partial charge in [-0.15, -0.1) is 13.2 Å². The Balaban J connectivity index is 1.86. The van der Waals surface area contributed by atoms with Gasteiger partial charge in [-0.25, -0.2) is 0 Å². The van der Waals surface area contributed by atoms with Crippen LogP contribution in [0.4, 0.5) is 13.2 Å². The zero-order chi connectivity index (χ0) is 20.5. The van der Waals surface area contributed by atoms with Crippen molar-refractivity contribution in [1.82, 2.24) is 4.90 Å². The monoisotopic (exact) mass is 459 g/mol. The number of methoxy groups -OCH3 is 2. The SMILES string of the molecule is COc1cc(OC)c2c(c1Br)CN(Cc1ccc(OC(F)(F)F)cc1)C2C=O. The molecule has 150 valence electrons. The predicted octanol–water partition coefficient (Wildman–Crippen LogP) is 4.62. The van der Waals surface area contributed by atoms with Crippen LogP contribution in [-0.2, 0) is 17.9 Å². The molecule has 1 aliphatic rings. The molecule has 5 nitrogen and oxygen atoms in total. The molecule has 2 aromatic carbocycles. The lowest BCUT2D eigenvalue weighted by molar-refractivity contribution is -0.274. The van der Waals surface area contributed by atoms with E-state index in [4.69, 9.17) is 9.47 Å². The lowest BCUT2D eigenvalue weighted by atomic mass is 10.0. The minimum absolute atomic E-state index is 0.290. The number of benzene rings is 2. The normalized spacial score (nSPS) is 16.6. The van der Waals surface area contributed by atoms with E-state index in [0.29, 0.717) is 24.6 Å². The Morgan fingerprint density at radius 1 is 1.18 bits per heavy atom. The molecule has 0 N–H and O–H groups in total. The molecule has 1 unspecified atom stereocenters. The van der Waals surface area contributed by atoms with Gasteiger partial charge in [0.25, 0.3) is 0 Å². The van der Waals surface area contributed by atoms with Crippen LogP contribution in [0.1, 0.15) is 22.7 Å². The molecule has 28 heavy (non-hydrogen) atoms. The maximum absolute atomic E-state index is 12.3. The highest BCUT2D eigenvalue weighted by Crippen LogP contribution is 2.47. The largest absolute Gasteiger partial charge is 0.573 e. The van der Waals surface area contributed by atoms with Gasteiger partial charge < -0.3 is 19.0 Å². The van der Waals surface area contributed by atoms with E-state index in [1.54, 1.807) is 25.3 Å². The van der Waals surface area contributed by atoms with E-state index in [-0.39, 0.29) is 5.75 Å². The van der Waals surface area contributed by atoms with Crippen molar-refractivity contribution in [3.8, 4) is 17.2 Å². The van der Waals surface area contributed by atoms with Gasteiger partial charge >= 0.3 is 6.36 Å². The molecule has 1 aliphatic heterocycles. The van der Waals surface area contributed by atoms with E-state index in [1.165, 1.54) is 19.2 Å². The fraction of sp³-hybridized carbons (Fsp3) is 0.316. The third kappa shape index (κ3) is 4.10. The zero-order valence-electron chi connectivity index (χ0n) is 15.0. The molecule has 0 aliphatic carbocycles. The summed E-state index contributed by atoms with van der Waals surface area (Å²) in [5, 5.41) is 0. The molecular formula is C19H17BrF3NO4. The molecular weight excluding hydrogens is 443 g/mol. The van der Waals surface area contributed by atoms with Gasteiger partial charge in [0.05, 0.1) is 24.7 Å². The highest BCUT2D eigenvalue weighted by molar-refractivity contribution is 9.10. The number of alkyl halides is 3. The van der Waals surface area contributed by atoms with Gasteiger partial charge in [-0.3, -0.25) is 4.90 Å². The van der Waals surface area contributed by atoms with Gasteiger partial charge in [0.15, 0.2) is 0 Å². The number of carbonyl (C=O) groups is 1. The molecule has 0 saturated carbocycles. The number of nitrogens with zero attached hydrogens (tertiary/aromatic N) is 1. The molecule has 2 aromatic rings. The van der Waals surface area contributed by atoms with Crippen LogP contribution in [-0.4, -0.2) is 31.8 Å². The first-order valence-electron chi connectivity index (χ1n) is 8.24. The minimum atomic E-state index is -4.73. The van der Waals surface area contributed by atoms with Crippen molar-refractivity contribution in [1.29, 1.82) is 0 Å². The number of halogens is 4. The van der Waals surface area contributed by atoms with Crippen LogP contribution in [0.25, 0.3) is 0 Å². The van der Waals surface area contributed by atoms with Crippen LogP contribution in [0.5, 0.6) is 17.2 Å². The molecule has 0 amide bonds. The van der Waals surface area contributed by atoms with Crippen LogP contribution in [0.15, 0.2) is 34.8 Å². The molecule has 0 aromatic heterocycles. The highest BCUT2D eigenvalue weighted by atomic mass is 79.9. The Labute approximate surface area is 168 Å². The summed E-state index contributed by atoms with van der Waals surface area (Å²) in [6, 6.07) is 6.76. The number of carbonyl (C=O) groups excluding carboxylic acids is 1. The van der Waals surface area contributed by atoms with Crippen LogP contribution in [0.2, 0.25) is 0 Å². The first-order chi connectivity index (χ1) is 13.3. The van der Waals surface area contributed by atoms with Crippen molar-refractivity contribution in [2.24, 2.45) is 0 Å². The second kappa shape index (κ2) is 8.00. The fourth-order valence-electron chi connectivity index (χ4n) is 3.30. The van der Waals surface area contributed by atoms with Crippen LogP contribution < -0.4 is 14.2 Å². The fourth-order valence-corrected chi connectivity index (χ4v) is 3.91. The molecule has 1 heterocycles. The second-order valence-corrected chi connectivity index (χ2v) is 6.96. The van der Waals surface area contributed by atoms with Crippen LogP contribution in [0.3, 0.4) is 0 Å². The summed E-state index contributed by atoms with van der Waals surface area (Å²) in [5.74, 6) is 0.848. The average molecular weight is 460 g/mol. The third-order valence-electron chi connectivity index (χ3n) is 4.50. The van der Waals surface area contributed by atoms with Crippen molar-refractivity contribution in [3.05, 3.63) is 51.5 Å². The van der Waals surface area contributed by atoms with E-state index in [1.807, 2.05) is 4.90 Å². The van der Waals surface area contributed by atoms with Crippen molar-refractivity contribution in [3.63, 3.8) is 0 Å². The quantitative estimate of drug-likeness (QED) is 0.589. The van der Waals surface area contributed by atoms with Gasteiger partial charge in [-0.1, -0.05) is 12.1 Å². The van der Waals surface area contributed by atoms with Gasteiger partial charge in [0.2, 0.25) is 0 Å². The Kier molecular flexibility index (Phi) is 5.85. The molecule has 3 rings (SSSR count). The van der Waals surface area contributed by atoms with E-state index in [9.17, 15) is 18.0 Å². The average Bonchev–Trinajstić information content (AvgIpc) is 3.01. The number of aldehydes is 1. The first-order valence-corrected chi connectivity index (χ1v) is 9.04. The number of fused-ring (bicyclic) bond motifs is 1. The summed E-state index contributed by atoms with van der Waals surface area (Å²) in [6.07, 6.45) is -3.91. The Hall–Kier alpha value is -2.26. The van der Waals surface area contributed by atoms with Gasteiger partial charge in [-0.05, 0) is 39.2 Å². The highest BCUT2D eigenvalue weighted by Gasteiger charge is 2.36. The Morgan fingerprint density at radius 3 is 2.36 bits per heavy atom. The molecule has 1 atom stereocenters. The summed E-state index contributed by atoms with van der Waals surface area (Å²) < 4.78 is 52.3. The Morgan fingerprint density at radius 2 is 1.82 bits per heavy atom. The van der Waals surface area contributed by atoms with E-state index in [2.05, 4.69) is 20.7 Å². The number of hydrogen-bond acceptors (Lipinski definition) is 5. The van der Waals surface area contributed by atoms with E-state index >= 15 is 0 Å². The van der Waals surface area contributed by atoms with Gasteiger partial charge in [0.1, 0.15) is 23.5 Å². The van der Waals surface area contributed by atoms with E-state index < -0.39 is 12.4 Å². The van der Waals surface area contributed by atoms with Crippen LogP contribution >= 0.6 is 15.9 Å². The number of ether oxygens (including phenoxy) is 3. The number of hydrogen-bond donors (Lipinski definition) is 0. The maximum atomic E-state index is 12.3. The van der Waals surface area contributed by atoms with E-state index in [0.717, 1.165) is 27.4 Å². The van der Waals surface area contributed by atoms with Crippen LogP contribution in [0, 0.1) is 0 Å². The van der Waals surface area contributed by atoms with Gasteiger partial charge in [-0.2, -0.15) is 0 Å². The smallest absolute Gasteiger partial charge is 0.496 e. The number of rotatable bonds is 6. The maximum Gasteiger partial charge on any atom is 0.573 e. The first kappa shape index (κ1) is 20.5. The summed E-state index contributed by atoms with van der Waals surface area (Å²) in [5.41, 5.74) is 2.38. The third-order valence-corrected chi connectivity index (χ3v) is 5.37. The lowest BCUT2D eigenvalue weighted by Gasteiger charge is -2.21. The van der Waals surface area contributed by atoms with Gasteiger partial charge in [0, 0.05) is 24.7 Å². The summed E-state index contributed by atoms with van der Waals surface area (Å²) in [4.78, 5) is 13.7. The standard InChI is InChI=1S/C19H17BrF3NO4/c1-26-15-7-16(27-2)18(20)13-9-24(14(10-25)17(13)15)8-11-3-5-12(6-4-11)28-19(21,22)23/h3-7,10,14H,8-9H2,1-2H3. The summed E-state index contributed by atoms with van der Waals surface area (Å²) in [6.45, 7) is 0.815. The molecule has 0 bridgehead atoms. The van der Waals surface area contributed by atoms with Crippen molar-refractivity contribution in [2.45, 2.75) is 25.5 Å². The van der Waals surface area contributed by atoms with Crippen molar-refractivity contribution >= 4 is 22.2 Å². The molecule has 0 radical (unpaired) electrons. The zero-order valence-corrected chi connectivity index (χ0v) is 16.6.